The summed E-state index contributed by atoms with van der Waals surface area (Å²) in [5, 5.41) is 11.9. The zero-order valence-corrected chi connectivity index (χ0v) is 13.7. The number of aliphatic carboxylic acids is 1. The number of rotatable bonds is 2. The van der Waals surface area contributed by atoms with E-state index in [1.54, 1.807) is 0 Å². The third kappa shape index (κ3) is 2.69. The number of amides is 2. The molecule has 5 nitrogen and oxygen atoms in total. The number of carbonyl (C=O) groups excluding carboxylic acids is 1. The van der Waals surface area contributed by atoms with E-state index in [-0.39, 0.29) is 22.6 Å². The van der Waals surface area contributed by atoms with Gasteiger partial charge in [-0.2, -0.15) is 0 Å². The fourth-order valence-corrected chi connectivity index (χ4v) is 4.15. The van der Waals surface area contributed by atoms with Gasteiger partial charge in [-0.05, 0) is 40.8 Å². The van der Waals surface area contributed by atoms with Gasteiger partial charge in [0.05, 0.1) is 11.1 Å². The molecule has 2 amide bonds. The van der Waals surface area contributed by atoms with Crippen molar-refractivity contribution in [3.63, 3.8) is 0 Å². The number of halogens is 3. The summed E-state index contributed by atoms with van der Waals surface area (Å²) in [4.78, 5) is 25.3. The van der Waals surface area contributed by atoms with Gasteiger partial charge in [-0.15, -0.1) is 0 Å². The van der Waals surface area contributed by atoms with Crippen molar-refractivity contribution in [2.45, 2.75) is 19.3 Å². The van der Waals surface area contributed by atoms with Crippen LogP contribution < -0.4 is 5.32 Å². The smallest absolute Gasteiger partial charge is 0.321 e. The molecule has 2 fully saturated rings. The van der Waals surface area contributed by atoms with Crippen LogP contribution in [0.3, 0.4) is 0 Å². The fourth-order valence-electron chi connectivity index (χ4n) is 3.64. The van der Waals surface area contributed by atoms with Crippen molar-refractivity contribution in [3.05, 3.63) is 28.2 Å². The van der Waals surface area contributed by atoms with E-state index in [0.29, 0.717) is 19.0 Å². The molecule has 1 saturated carbocycles. The van der Waals surface area contributed by atoms with E-state index in [1.165, 1.54) is 4.90 Å². The topological polar surface area (TPSA) is 69.6 Å². The fraction of sp³-hybridized carbons (Fsp3) is 0.467. The third-order valence-electron chi connectivity index (χ3n) is 4.82. The number of anilines is 1. The number of urea groups is 1. The predicted octanol–water partition coefficient (Wildman–Crippen LogP) is 3.45. The minimum atomic E-state index is -0.893. The number of hydrogen-bond donors (Lipinski definition) is 2. The van der Waals surface area contributed by atoms with Gasteiger partial charge >= 0.3 is 12.0 Å². The summed E-state index contributed by atoms with van der Waals surface area (Å²) in [6.45, 7) is 0.442. The van der Waals surface area contributed by atoms with Crippen LogP contribution in [0.4, 0.5) is 19.3 Å². The number of likely N-dealkylation sites (tertiary alicyclic amines) is 1. The van der Waals surface area contributed by atoms with E-state index in [9.17, 15) is 23.5 Å². The maximum atomic E-state index is 13.8. The molecule has 2 N–H and O–H groups in total. The van der Waals surface area contributed by atoms with Crippen LogP contribution in [0.5, 0.6) is 0 Å². The highest BCUT2D eigenvalue weighted by Crippen LogP contribution is 2.49. The van der Waals surface area contributed by atoms with Gasteiger partial charge in [0.25, 0.3) is 0 Å². The molecular weight excluding hydrogens is 374 g/mol. The van der Waals surface area contributed by atoms with Crippen molar-refractivity contribution in [2.75, 3.05) is 18.4 Å². The third-order valence-corrected chi connectivity index (χ3v) is 5.45. The number of fused-ring (bicyclic) bond motifs is 1. The van der Waals surface area contributed by atoms with Crippen LogP contribution in [0, 0.1) is 23.0 Å². The van der Waals surface area contributed by atoms with Gasteiger partial charge in [0.15, 0.2) is 5.82 Å². The molecule has 3 rings (SSSR count). The molecule has 0 aromatic heterocycles. The Morgan fingerprint density at radius 1 is 1.39 bits per heavy atom. The first kappa shape index (κ1) is 16.2. The van der Waals surface area contributed by atoms with Gasteiger partial charge in [0, 0.05) is 23.6 Å². The maximum absolute atomic E-state index is 13.8. The van der Waals surface area contributed by atoms with Gasteiger partial charge in [0.2, 0.25) is 0 Å². The molecule has 1 aliphatic carbocycles. The quantitative estimate of drug-likeness (QED) is 0.814. The largest absolute Gasteiger partial charge is 0.481 e. The number of hydrogen-bond acceptors (Lipinski definition) is 2. The summed E-state index contributed by atoms with van der Waals surface area (Å²) >= 11 is 3.01. The lowest BCUT2D eigenvalue weighted by molar-refractivity contribution is -0.149. The number of nitrogens with zero attached hydrogens (tertiary/aromatic N) is 1. The van der Waals surface area contributed by atoms with Gasteiger partial charge in [-0.3, -0.25) is 4.79 Å². The van der Waals surface area contributed by atoms with E-state index in [1.807, 2.05) is 0 Å². The molecule has 8 heteroatoms. The Bertz CT molecular complexity index is 662. The number of benzene rings is 1. The molecule has 1 aromatic carbocycles. The number of carbonyl (C=O) groups is 2. The molecule has 1 aromatic rings. The van der Waals surface area contributed by atoms with Crippen molar-refractivity contribution in [1.82, 2.24) is 4.90 Å². The Morgan fingerprint density at radius 2 is 2.13 bits per heavy atom. The number of nitrogens with one attached hydrogen (secondary N) is 1. The summed E-state index contributed by atoms with van der Waals surface area (Å²) < 4.78 is 27.0. The molecule has 23 heavy (non-hydrogen) atoms. The average Bonchev–Trinajstić information content (AvgIpc) is 3.00. The van der Waals surface area contributed by atoms with Crippen molar-refractivity contribution in [1.29, 1.82) is 0 Å². The van der Waals surface area contributed by atoms with Crippen LogP contribution in [0.25, 0.3) is 0 Å². The molecule has 0 spiro atoms. The van der Waals surface area contributed by atoms with E-state index in [0.717, 1.165) is 18.9 Å². The van der Waals surface area contributed by atoms with Gasteiger partial charge < -0.3 is 15.3 Å². The van der Waals surface area contributed by atoms with Crippen molar-refractivity contribution in [2.24, 2.45) is 11.3 Å². The molecule has 124 valence electrons. The van der Waals surface area contributed by atoms with Gasteiger partial charge in [-0.1, -0.05) is 6.42 Å². The first-order valence-electron chi connectivity index (χ1n) is 7.27. The van der Waals surface area contributed by atoms with Gasteiger partial charge in [0.1, 0.15) is 5.82 Å². The van der Waals surface area contributed by atoms with E-state index >= 15 is 0 Å². The first-order chi connectivity index (χ1) is 10.8. The van der Waals surface area contributed by atoms with Crippen molar-refractivity contribution >= 4 is 33.6 Å². The first-order valence-corrected chi connectivity index (χ1v) is 8.06. The number of carboxylic acids is 1. The summed E-state index contributed by atoms with van der Waals surface area (Å²) in [5.41, 5.74) is -1.05. The van der Waals surface area contributed by atoms with Crippen LogP contribution in [0.2, 0.25) is 0 Å². The molecule has 1 heterocycles. The molecule has 0 radical (unpaired) electrons. The minimum absolute atomic E-state index is 0.0766. The lowest BCUT2D eigenvalue weighted by Gasteiger charge is -2.23. The Kier molecular flexibility index (Phi) is 4.03. The van der Waals surface area contributed by atoms with Crippen LogP contribution in [0.15, 0.2) is 16.6 Å². The van der Waals surface area contributed by atoms with E-state index < -0.39 is 29.0 Å². The molecule has 2 atom stereocenters. The standard InChI is InChI=1S/C15H15BrF2N2O3/c16-10-4-9(17)5-11(18)12(10)19-14(23)20-6-8-2-1-3-15(8,7-20)13(21)22/h4-5,8H,1-3,6-7H2,(H,19,23)(H,21,22)/t8-,15+/m0/s1. The van der Waals surface area contributed by atoms with Gasteiger partial charge in [-0.25, -0.2) is 13.6 Å². The number of carboxylic acid groups (broad SMARTS) is 1. The molecular formula is C15H15BrF2N2O3. The monoisotopic (exact) mass is 388 g/mol. The molecule has 0 bridgehead atoms. The van der Waals surface area contributed by atoms with Crippen LogP contribution in [-0.2, 0) is 4.79 Å². The van der Waals surface area contributed by atoms with E-state index in [2.05, 4.69) is 21.2 Å². The highest BCUT2D eigenvalue weighted by atomic mass is 79.9. The van der Waals surface area contributed by atoms with E-state index in [4.69, 9.17) is 0 Å². The van der Waals surface area contributed by atoms with Crippen molar-refractivity contribution < 1.29 is 23.5 Å². The van der Waals surface area contributed by atoms with Crippen LogP contribution >= 0.6 is 15.9 Å². The predicted molar refractivity (Wildman–Crippen MR) is 82.1 cm³/mol. The zero-order chi connectivity index (χ0) is 16.8. The van der Waals surface area contributed by atoms with Crippen LogP contribution in [-0.4, -0.2) is 35.1 Å². The summed E-state index contributed by atoms with van der Waals surface area (Å²) in [6, 6.07) is 1.15. The highest BCUT2D eigenvalue weighted by molar-refractivity contribution is 9.10. The highest BCUT2D eigenvalue weighted by Gasteiger charge is 2.55. The maximum Gasteiger partial charge on any atom is 0.321 e. The zero-order valence-electron chi connectivity index (χ0n) is 12.1. The molecule has 1 saturated heterocycles. The minimum Gasteiger partial charge on any atom is -0.481 e. The van der Waals surface area contributed by atoms with Crippen molar-refractivity contribution in [3.8, 4) is 0 Å². The molecule has 1 aliphatic heterocycles. The summed E-state index contributed by atoms with van der Waals surface area (Å²) in [5.74, 6) is -2.61. The normalized spacial score (nSPS) is 26.2. The lowest BCUT2D eigenvalue weighted by atomic mass is 9.81. The second-order valence-electron chi connectivity index (χ2n) is 6.11. The second kappa shape index (κ2) is 5.74. The molecule has 0 unspecified atom stereocenters. The Hall–Kier alpha value is -1.70. The van der Waals surface area contributed by atoms with Crippen LogP contribution in [0.1, 0.15) is 19.3 Å². The summed E-state index contributed by atoms with van der Waals surface area (Å²) in [6.07, 6.45) is 2.15. The Balaban J connectivity index is 1.77. The lowest BCUT2D eigenvalue weighted by Crippen LogP contribution is -2.38. The molecule has 2 aliphatic rings. The average molecular weight is 389 g/mol. The Morgan fingerprint density at radius 3 is 2.74 bits per heavy atom. The summed E-state index contributed by atoms with van der Waals surface area (Å²) in [7, 11) is 0. The Labute approximate surface area is 139 Å². The SMILES string of the molecule is O=C(Nc1c(F)cc(F)cc1Br)N1C[C@@H]2CCC[C@@]2(C(=O)O)C1. The second-order valence-corrected chi connectivity index (χ2v) is 6.96.